The fourth-order valence-electron chi connectivity index (χ4n) is 1.81. The van der Waals surface area contributed by atoms with Crippen molar-refractivity contribution in [1.29, 1.82) is 0 Å². The molecule has 1 aromatic heterocycles. The first-order valence-electron chi connectivity index (χ1n) is 4.94. The number of rotatable bonds is 3. The maximum atomic E-state index is 12.3. The quantitative estimate of drug-likeness (QED) is 0.687. The van der Waals surface area contributed by atoms with Gasteiger partial charge in [0.05, 0.1) is 0 Å². The number of hydrogen-bond acceptors (Lipinski definition) is 4. The fraction of sp³-hybridized carbons (Fsp3) is 0.500. The van der Waals surface area contributed by atoms with E-state index in [2.05, 4.69) is 4.98 Å². The van der Waals surface area contributed by atoms with Crippen molar-refractivity contribution in [2.24, 2.45) is 0 Å². The van der Waals surface area contributed by atoms with Crippen LogP contribution >= 0.6 is 25.9 Å². The van der Waals surface area contributed by atoms with Crippen molar-refractivity contribution in [2.75, 3.05) is 26.7 Å². The molecule has 0 bridgehead atoms. The summed E-state index contributed by atoms with van der Waals surface area (Å²) in [6.45, 7) is 5.67. The normalized spacial score (nSPS) is 13.8. The Morgan fingerprint density at radius 1 is 1.24 bits per heavy atom. The molecule has 1 rings (SSSR count). The van der Waals surface area contributed by atoms with Crippen molar-refractivity contribution in [3.63, 3.8) is 0 Å². The second-order valence-electron chi connectivity index (χ2n) is 4.70. The van der Waals surface area contributed by atoms with Crippen molar-refractivity contribution >= 4 is 25.9 Å². The summed E-state index contributed by atoms with van der Waals surface area (Å²) in [4.78, 5) is 3.79. The van der Waals surface area contributed by atoms with Gasteiger partial charge in [0, 0.05) is 11.8 Å². The van der Waals surface area contributed by atoms with Crippen LogP contribution in [0.1, 0.15) is 5.56 Å². The van der Waals surface area contributed by atoms with E-state index in [1.807, 2.05) is 0 Å². The van der Waals surface area contributed by atoms with Gasteiger partial charge in [-0.2, -0.15) is 0 Å². The largest absolute Gasteiger partial charge is 0.371 e. The molecule has 0 unspecified atom stereocenters. The molecule has 1 N–H and O–H groups in total. The Hall–Kier alpha value is -0.140. The van der Waals surface area contributed by atoms with E-state index in [0.717, 1.165) is 0 Å². The van der Waals surface area contributed by atoms with Crippen molar-refractivity contribution in [2.45, 2.75) is 5.08 Å². The van der Waals surface area contributed by atoms with Gasteiger partial charge >= 0.3 is 0 Å². The van der Waals surface area contributed by atoms with Gasteiger partial charge in [-0.1, -0.05) is 11.6 Å². The van der Waals surface area contributed by atoms with Crippen LogP contribution < -0.4 is 0 Å². The molecule has 0 spiro atoms. The Bertz CT molecular complexity index is 498. The number of aromatic nitrogens is 1. The van der Waals surface area contributed by atoms with E-state index >= 15 is 0 Å². The molecule has 4 nitrogen and oxygen atoms in total. The van der Waals surface area contributed by atoms with Crippen molar-refractivity contribution in [3.8, 4) is 0 Å². The maximum Gasteiger partial charge on any atom is 0.194 e. The Labute approximate surface area is 106 Å². The van der Waals surface area contributed by atoms with Gasteiger partial charge in [0.2, 0.25) is 0 Å². The minimum atomic E-state index is -3.04. The van der Waals surface area contributed by atoms with Crippen molar-refractivity contribution in [1.82, 2.24) is 4.98 Å². The molecule has 1 heterocycles. The van der Waals surface area contributed by atoms with Gasteiger partial charge in [0.25, 0.3) is 0 Å². The van der Waals surface area contributed by atoms with Crippen molar-refractivity contribution < 1.29 is 14.2 Å². The Balaban J connectivity index is 3.58. The third-order valence-electron chi connectivity index (χ3n) is 2.62. The van der Waals surface area contributed by atoms with Gasteiger partial charge in [-0.05, 0) is 38.8 Å². The smallest absolute Gasteiger partial charge is 0.194 e. The highest BCUT2D eigenvalue weighted by atomic mass is 35.5. The average Bonchev–Trinajstić information content (AvgIpc) is 2.12. The van der Waals surface area contributed by atoms with E-state index in [1.54, 1.807) is 0 Å². The zero-order valence-corrected chi connectivity index (χ0v) is 12.8. The summed E-state index contributed by atoms with van der Waals surface area (Å²) in [6.07, 6.45) is 1.40. The first-order valence-corrected chi connectivity index (χ1v) is 10.5. The fourth-order valence-corrected chi connectivity index (χ4v) is 8.15. The second kappa shape index (κ2) is 4.51. The predicted octanol–water partition coefficient (Wildman–Crippen LogP) is 3.08. The Kier molecular flexibility index (Phi) is 3.96. The lowest BCUT2D eigenvalue weighted by Crippen LogP contribution is -2.25. The molecule has 0 fully saturated rings. The third-order valence-corrected chi connectivity index (χ3v) is 9.23. The van der Waals surface area contributed by atoms with Gasteiger partial charge in [-0.3, -0.25) is 0 Å². The summed E-state index contributed by atoms with van der Waals surface area (Å²) >= 11 is 5.75. The molecule has 17 heavy (non-hydrogen) atoms. The molecule has 0 atom stereocenters. The summed E-state index contributed by atoms with van der Waals surface area (Å²) in [6, 6.07) is 2.89. The minimum absolute atomic E-state index is 0.169. The number of halogens is 1. The van der Waals surface area contributed by atoms with E-state index in [9.17, 15) is 14.2 Å². The summed E-state index contributed by atoms with van der Waals surface area (Å²) in [5.41, 5.74) is 0.291. The molecule has 0 amide bonds. The first kappa shape index (κ1) is 14.9. The predicted molar refractivity (Wildman–Crippen MR) is 72.1 cm³/mol. The zero-order chi connectivity index (χ0) is 13.5. The van der Waals surface area contributed by atoms with E-state index in [-0.39, 0.29) is 5.15 Å². The number of pyridine rings is 1. The van der Waals surface area contributed by atoms with Crippen LogP contribution in [0.25, 0.3) is 0 Å². The standard InChI is InChI=1S/C10H16ClNO3P2/c1-16(2,14)10(13,17(3,4)15)8-5-6-12-9(11)7-8/h5-7,13H,1-4H3. The van der Waals surface area contributed by atoms with E-state index < -0.39 is 19.4 Å². The van der Waals surface area contributed by atoms with Gasteiger partial charge in [-0.25, -0.2) is 4.98 Å². The van der Waals surface area contributed by atoms with Crippen molar-refractivity contribution in [3.05, 3.63) is 29.0 Å². The molecule has 0 saturated carbocycles. The van der Waals surface area contributed by atoms with Crippen LogP contribution in [-0.4, -0.2) is 36.7 Å². The lowest BCUT2D eigenvalue weighted by molar-refractivity contribution is 0.204. The summed E-state index contributed by atoms with van der Waals surface area (Å²) in [5, 5.41) is 8.98. The molecule has 0 aliphatic heterocycles. The average molecular weight is 296 g/mol. The molecule has 0 saturated heterocycles. The van der Waals surface area contributed by atoms with E-state index in [1.165, 1.54) is 45.0 Å². The van der Waals surface area contributed by atoms with Gasteiger partial charge < -0.3 is 14.2 Å². The van der Waals surface area contributed by atoms with Crippen LogP contribution in [0, 0.1) is 0 Å². The van der Waals surface area contributed by atoms with Crippen LogP contribution in [0.2, 0.25) is 5.15 Å². The number of nitrogens with zero attached hydrogens (tertiary/aromatic N) is 1. The highest BCUT2D eigenvalue weighted by Gasteiger charge is 2.51. The lowest BCUT2D eigenvalue weighted by atomic mass is 10.3. The van der Waals surface area contributed by atoms with Gasteiger partial charge in [-0.15, -0.1) is 0 Å². The zero-order valence-electron chi connectivity index (χ0n) is 10.2. The first-order chi connectivity index (χ1) is 7.50. The van der Waals surface area contributed by atoms with Crippen LogP contribution in [0.15, 0.2) is 18.3 Å². The monoisotopic (exact) mass is 295 g/mol. The molecular formula is C10H16ClNO3P2. The molecule has 1 aromatic rings. The molecule has 96 valence electrons. The molecule has 0 aliphatic rings. The summed E-state index contributed by atoms with van der Waals surface area (Å²) < 4.78 is 24.6. The third kappa shape index (κ3) is 2.66. The topological polar surface area (TPSA) is 67.3 Å². The maximum absolute atomic E-state index is 12.3. The number of hydrogen-bond donors (Lipinski definition) is 1. The minimum Gasteiger partial charge on any atom is -0.371 e. The highest BCUT2D eigenvalue weighted by Crippen LogP contribution is 2.73. The van der Waals surface area contributed by atoms with Crippen LogP contribution in [-0.2, 0) is 14.2 Å². The highest BCUT2D eigenvalue weighted by molar-refractivity contribution is 7.80. The second-order valence-corrected chi connectivity index (χ2v) is 12.1. The summed E-state index contributed by atoms with van der Waals surface area (Å²) in [7, 11) is -6.09. The summed E-state index contributed by atoms with van der Waals surface area (Å²) in [5.74, 6) is 0. The molecule has 0 aliphatic carbocycles. The van der Waals surface area contributed by atoms with Gasteiger partial charge in [0.1, 0.15) is 19.4 Å². The molecule has 7 heteroatoms. The van der Waals surface area contributed by atoms with Crippen LogP contribution in [0.4, 0.5) is 0 Å². The molecular weight excluding hydrogens is 280 g/mol. The van der Waals surface area contributed by atoms with Crippen LogP contribution in [0.5, 0.6) is 0 Å². The SMILES string of the molecule is CP(C)(=O)C(O)(c1ccnc(Cl)c1)P(C)(C)=O. The van der Waals surface area contributed by atoms with E-state index in [4.69, 9.17) is 11.6 Å². The van der Waals surface area contributed by atoms with E-state index in [0.29, 0.717) is 5.56 Å². The molecule has 0 radical (unpaired) electrons. The lowest BCUT2D eigenvalue weighted by Gasteiger charge is -2.36. The van der Waals surface area contributed by atoms with Gasteiger partial charge in [0.15, 0.2) is 5.08 Å². The number of aliphatic hydroxyl groups is 1. The Morgan fingerprint density at radius 2 is 1.71 bits per heavy atom. The molecule has 0 aromatic carbocycles. The van der Waals surface area contributed by atoms with Crippen LogP contribution in [0.3, 0.4) is 0 Å². The Morgan fingerprint density at radius 3 is 2.06 bits per heavy atom.